The van der Waals surface area contributed by atoms with Gasteiger partial charge in [0.2, 0.25) is 5.13 Å². The Kier molecular flexibility index (Phi) is 4.35. The maximum absolute atomic E-state index is 12.4. The van der Waals surface area contributed by atoms with Crippen LogP contribution in [0.5, 0.6) is 0 Å². The van der Waals surface area contributed by atoms with Crippen LogP contribution in [0.25, 0.3) is 11.0 Å². The van der Waals surface area contributed by atoms with Crippen molar-refractivity contribution in [3.05, 3.63) is 35.1 Å². The maximum Gasteiger partial charge on any atom is 0.323 e. The number of para-hydroxylation sites is 2. The summed E-state index contributed by atoms with van der Waals surface area (Å²) in [4.78, 5) is 22.4. The second-order valence-corrected chi connectivity index (χ2v) is 7.60. The Morgan fingerprint density at radius 2 is 2.28 bits per heavy atom. The van der Waals surface area contributed by atoms with Gasteiger partial charge in [-0.05, 0) is 37.8 Å². The molecule has 3 heterocycles. The molecule has 1 aromatic carbocycles. The van der Waals surface area contributed by atoms with Crippen LogP contribution in [0.1, 0.15) is 23.7 Å². The molecule has 0 radical (unpaired) electrons. The number of benzene rings is 1. The maximum atomic E-state index is 12.4. The van der Waals surface area contributed by atoms with Crippen molar-refractivity contribution in [2.75, 3.05) is 18.4 Å². The number of aryl methyl sites for hydroxylation is 1. The summed E-state index contributed by atoms with van der Waals surface area (Å²) in [6.45, 7) is 3.39. The number of H-pyrrole nitrogens is 1. The van der Waals surface area contributed by atoms with Gasteiger partial charge >= 0.3 is 6.03 Å². The lowest BCUT2D eigenvalue weighted by atomic mass is 9.95. The van der Waals surface area contributed by atoms with Gasteiger partial charge in [0.25, 0.3) is 0 Å². The van der Waals surface area contributed by atoms with E-state index in [1.54, 1.807) is 0 Å². The third-order valence-electron chi connectivity index (χ3n) is 4.47. The quantitative estimate of drug-likeness (QED) is 0.754. The molecule has 0 aliphatic carbocycles. The summed E-state index contributed by atoms with van der Waals surface area (Å²) in [5, 5.41) is 12.1. The predicted octanol–water partition coefficient (Wildman–Crippen LogP) is 3.21. The third kappa shape index (κ3) is 3.63. The van der Waals surface area contributed by atoms with Crippen molar-refractivity contribution in [1.29, 1.82) is 0 Å². The number of aromatic amines is 1. The number of nitrogens with zero attached hydrogens (tertiary/aromatic N) is 4. The molecule has 0 spiro atoms. The molecule has 7 nitrogen and oxygen atoms in total. The Balaban J connectivity index is 1.39. The molecule has 8 heteroatoms. The molecule has 4 rings (SSSR count). The molecule has 0 bridgehead atoms. The zero-order valence-corrected chi connectivity index (χ0v) is 14.8. The van der Waals surface area contributed by atoms with Crippen LogP contribution >= 0.6 is 11.3 Å². The molecule has 1 unspecified atom stereocenters. The van der Waals surface area contributed by atoms with Crippen LogP contribution in [-0.2, 0) is 6.42 Å². The van der Waals surface area contributed by atoms with E-state index in [-0.39, 0.29) is 6.03 Å². The number of amides is 2. The van der Waals surface area contributed by atoms with Crippen LogP contribution in [0.3, 0.4) is 0 Å². The van der Waals surface area contributed by atoms with E-state index in [2.05, 4.69) is 25.5 Å². The number of piperidine rings is 1. The van der Waals surface area contributed by atoms with Gasteiger partial charge < -0.3 is 9.88 Å². The number of nitrogens with one attached hydrogen (secondary N) is 2. The van der Waals surface area contributed by atoms with Gasteiger partial charge in [-0.3, -0.25) is 5.32 Å². The molecule has 2 amide bonds. The van der Waals surface area contributed by atoms with Crippen molar-refractivity contribution < 1.29 is 4.79 Å². The van der Waals surface area contributed by atoms with Gasteiger partial charge in [0, 0.05) is 19.5 Å². The zero-order chi connectivity index (χ0) is 17.2. The normalized spacial score (nSPS) is 17.8. The fourth-order valence-electron chi connectivity index (χ4n) is 3.31. The first-order valence-electron chi connectivity index (χ1n) is 8.47. The van der Waals surface area contributed by atoms with E-state index in [0.29, 0.717) is 11.0 Å². The molecule has 1 fully saturated rings. The highest BCUT2D eigenvalue weighted by atomic mass is 32.1. The van der Waals surface area contributed by atoms with Gasteiger partial charge in [0.15, 0.2) is 0 Å². The summed E-state index contributed by atoms with van der Waals surface area (Å²) >= 11 is 1.39. The minimum atomic E-state index is -0.0922. The number of likely N-dealkylation sites (tertiary alicyclic amines) is 1. The molecule has 1 saturated heterocycles. The molecule has 130 valence electrons. The lowest BCUT2D eigenvalue weighted by Gasteiger charge is -2.32. The van der Waals surface area contributed by atoms with Gasteiger partial charge in [0.1, 0.15) is 10.8 Å². The first-order chi connectivity index (χ1) is 12.2. The molecule has 0 saturated carbocycles. The van der Waals surface area contributed by atoms with Gasteiger partial charge in [-0.2, -0.15) is 0 Å². The summed E-state index contributed by atoms with van der Waals surface area (Å²) in [5.41, 5.74) is 2.06. The summed E-state index contributed by atoms with van der Waals surface area (Å²) in [6.07, 6.45) is 2.97. The number of rotatable bonds is 3. The van der Waals surface area contributed by atoms with Crippen molar-refractivity contribution in [2.45, 2.75) is 26.2 Å². The molecule has 2 N–H and O–H groups in total. The first kappa shape index (κ1) is 16.0. The smallest absolute Gasteiger partial charge is 0.323 e. The van der Waals surface area contributed by atoms with Gasteiger partial charge in [-0.15, -0.1) is 10.2 Å². The van der Waals surface area contributed by atoms with E-state index in [1.807, 2.05) is 36.1 Å². The molecule has 1 atom stereocenters. The number of anilines is 1. The summed E-state index contributed by atoms with van der Waals surface area (Å²) in [7, 11) is 0. The van der Waals surface area contributed by atoms with E-state index < -0.39 is 0 Å². The van der Waals surface area contributed by atoms with Crippen molar-refractivity contribution in [2.24, 2.45) is 5.92 Å². The average molecular weight is 356 g/mol. The number of fused-ring (bicyclic) bond motifs is 1. The standard InChI is InChI=1S/C17H20N6OS/c1-11-21-22-16(25-11)20-17(24)23-8-4-5-12(10-23)9-15-18-13-6-2-3-7-14(13)19-15/h2-3,6-7,12H,4-5,8-10H2,1H3,(H,18,19)(H,20,22,24). The minimum Gasteiger partial charge on any atom is -0.342 e. The first-order valence-corrected chi connectivity index (χ1v) is 9.29. The number of urea groups is 1. The highest BCUT2D eigenvalue weighted by Gasteiger charge is 2.25. The Hall–Kier alpha value is -2.48. The number of aromatic nitrogens is 4. The minimum absolute atomic E-state index is 0.0922. The number of carbonyl (C=O) groups is 1. The van der Waals surface area contributed by atoms with E-state index in [9.17, 15) is 4.79 Å². The molecular weight excluding hydrogens is 336 g/mol. The second kappa shape index (κ2) is 6.79. The second-order valence-electron chi connectivity index (χ2n) is 6.42. The van der Waals surface area contributed by atoms with Crippen LogP contribution in [0.4, 0.5) is 9.93 Å². The van der Waals surface area contributed by atoms with Crippen LogP contribution in [0.2, 0.25) is 0 Å². The van der Waals surface area contributed by atoms with E-state index in [1.165, 1.54) is 11.3 Å². The van der Waals surface area contributed by atoms with Crippen molar-refractivity contribution in [3.8, 4) is 0 Å². The zero-order valence-electron chi connectivity index (χ0n) is 14.0. The Morgan fingerprint density at radius 3 is 3.08 bits per heavy atom. The molecule has 3 aromatic rings. The summed E-state index contributed by atoms with van der Waals surface area (Å²) < 4.78 is 0. The van der Waals surface area contributed by atoms with Crippen molar-refractivity contribution in [1.82, 2.24) is 25.1 Å². The topological polar surface area (TPSA) is 86.8 Å². The SMILES string of the molecule is Cc1nnc(NC(=O)N2CCCC(Cc3nc4ccccc4[nH]3)C2)s1. The molecule has 1 aliphatic rings. The summed E-state index contributed by atoms with van der Waals surface area (Å²) in [6, 6.07) is 7.96. The van der Waals surface area contributed by atoms with Crippen LogP contribution < -0.4 is 5.32 Å². The third-order valence-corrected chi connectivity index (χ3v) is 5.22. The highest BCUT2D eigenvalue weighted by molar-refractivity contribution is 7.15. The molecule has 2 aromatic heterocycles. The molecular formula is C17H20N6OS. The fourth-order valence-corrected chi connectivity index (χ4v) is 3.89. The van der Waals surface area contributed by atoms with Gasteiger partial charge in [-0.1, -0.05) is 23.5 Å². The fraction of sp³-hybridized carbons (Fsp3) is 0.412. The van der Waals surface area contributed by atoms with Crippen molar-refractivity contribution >= 4 is 33.5 Å². The lowest BCUT2D eigenvalue weighted by molar-refractivity contribution is 0.176. The largest absolute Gasteiger partial charge is 0.342 e. The van der Waals surface area contributed by atoms with Crippen LogP contribution in [0, 0.1) is 12.8 Å². The number of hydrogen-bond acceptors (Lipinski definition) is 5. The molecule has 25 heavy (non-hydrogen) atoms. The van der Waals surface area contributed by atoms with E-state index >= 15 is 0 Å². The monoisotopic (exact) mass is 356 g/mol. The molecule has 1 aliphatic heterocycles. The predicted molar refractivity (Wildman–Crippen MR) is 97.8 cm³/mol. The number of hydrogen-bond donors (Lipinski definition) is 2. The van der Waals surface area contributed by atoms with E-state index in [4.69, 9.17) is 0 Å². The van der Waals surface area contributed by atoms with E-state index in [0.717, 1.165) is 54.2 Å². The van der Waals surface area contributed by atoms with Crippen LogP contribution in [-0.4, -0.2) is 44.2 Å². The number of carbonyl (C=O) groups excluding carboxylic acids is 1. The Morgan fingerprint density at radius 1 is 1.40 bits per heavy atom. The average Bonchev–Trinajstić information content (AvgIpc) is 3.20. The van der Waals surface area contributed by atoms with Crippen molar-refractivity contribution in [3.63, 3.8) is 0 Å². The van der Waals surface area contributed by atoms with Gasteiger partial charge in [-0.25, -0.2) is 9.78 Å². The van der Waals surface area contributed by atoms with Crippen LogP contribution in [0.15, 0.2) is 24.3 Å². The lowest BCUT2D eigenvalue weighted by Crippen LogP contribution is -2.42. The number of imidazole rings is 1. The Bertz CT molecular complexity index is 855. The van der Waals surface area contributed by atoms with Gasteiger partial charge in [0.05, 0.1) is 11.0 Å². The highest BCUT2D eigenvalue weighted by Crippen LogP contribution is 2.22. The summed E-state index contributed by atoms with van der Waals surface area (Å²) in [5.74, 6) is 1.41. The Labute approximate surface area is 149 Å².